The summed E-state index contributed by atoms with van der Waals surface area (Å²) in [6.07, 6.45) is -1.04. The van der Waals surface area contributed by atoms with Gasteiger partial charge < -0.3 is 19.7 Å². The van der Waals surface area contributed by atoms with E-state index in [1.165, 1.54) is 44.5 Å². The minimum Gasteiger partial charge on any atom is -0.495 e. The van der Waals surface area contributed by atoms with Crippen molar-refractivity contribution in [3.8, 4) is 0 Å². The molecule has 2 aromatic carbocycles. The van der Waals surface area contributed by atoms with Crippen LogP contribution in [0.3, 0.4) is 0 Å². The fourth-order valence-electron chi connectivity index (χ4n) is 3.89. The number of anilines is 1. The van der Waals surface area contributed by atoms with E-state index in [4.69, 9.17) is 21.1 Å². The molecule has 2 rings (SSSR count). The second kappa shape index (κ2) is 14.3. The minimum absolute atomic E-state index is 0.161. The largest absolute Gasteiger partial charge is 0.495 e. The van der Waals surface area contributed by atoms with Crippen LogP contribution in [0.4, 0.5) is 18.9 Å². The molecular formula is C30H34ClF3N2O5. The molecule has 0 bridgehead atoms. The number of nitrogens with one attached hydrogen (secondary N) is 1. The summed E-state index contributed by atoms with van der Waals surface area (Å²) in [6.45, 7) is 7.17. The SMILES string of the molecule is COC(=C/N(C)C(CCOC(C)(C)C)C(=O)Nc1ccc(C(F)(F)F)cc1)/C(=C\C=O)c1cc(Cl)ccc1C(C)=O. The number of carbonyl (C=O) groups is 3. The molecule has 1 unspecified atom stereocenters. The molecule has 7 nitrogen and oxygen atoms in total. The zero-order valence-electron chi connectivity index (χ0n) is 23.8. The number of amides is 1. The molecule has 0 aliphatic heterocycles. The number of ketones is 1. The molecule has 0 spiro atoms. The van der Waals surface area contributed by atoms with E-state index in [0.29, 0.717) is 22.4 Å². The van der Waals surface area contributed by atoms with Crippen molar-refractivity contribution < 1.29 is 37.0 Å². The summed E-state index contributed by atoms with van der Waals surface area (Å²) < 4.78 is 50.3. The molecule has 0 saturated carbocycles. The van der Waals surface area contributed by atoms with Gasteiger partial charge in [0.15, 0.2) is 5.78 Å². The Morgan fingerprint density at radius 1 is 1.07 bits per heavy atom. The second-order valence-electron chi connectivity index (χ2n) is 10.2. The molecule has 0 fully saturated rings. The Kier molecular flexibility index (Phi) is 11.7. The summed E-state index contributed by atoms with van der Waals surface area (Å²) in [4.78, 5) is 38.8. The third kappa shape index (κ3) is 10.1. The van der Waals surface area contributed by atoms with Crippen molar-refractivity contribution in [1.82, 2.24) is 4.90 Å². The summed E-state index contributed by atoms with van der Waals surface area (Å²) in [7, 11) is 2.98. The molecule has 0 saturated heterocycles. The topological polar surface area (TPSA) is 84.9 Å². The lowest BCUT2D eigenvalue weighted by molar-refractivity contribution is -0.137. The number of aldehydes is 1. The predicted molar refractivity (Wildman–Crippen MR) is 153 cm³/mol. The molecule has 0 aliphatic rings. The molecule has 0 heterocycles. The lowest BCUT2D eigenvalue weighted by Crippen LogP contribution is -2.41. The average Bonchev–Trinajstić information content (AvgIpc) is 2.87. The molecule has 1 amide bonds. The van der Waals surface area contributed by atoms with E-state index in [9.17, 15) is 27.6 Å². The number of rotatable bonds is 12. The van der Waals surface area contributed by atoms with E-state index in [-0.39, 0.29) is 35.8 Å². The first kappa shape index (κ1) is 33.6. The van der Waals surface area contributed by atoms with Crippen molar-refractivity contribution in [3.63, 3.8) is 0 Å². The lowest BCUT2D eigenvalue weighted by atomic mass is 9.95. The number of ether oxygens (including phenoxy) is 2. The van der Waals surface area contributed by atoms with Gasteiger partial charge in [-0.2, -0.15) is 13.2 Å². The number of benzene rings is 2. The van der Waals surface area contributed by atoms with Gasteiger partial charge in [-0.05, 0) is 81.8 Å². The van der Waals surface area contributed by atoms with Gasteiger partial charge in [-0.3, -0.25) is 14.4 Å². The number of hydrogen-bond donors (Lipinski definition) is 1. The Labute approximate surface area is 242 Å². The first-order valence-corrected chi connectivity index (χ1v) is 13.0. The van der Waals surface area contributed by atoms with Crippen LogP contribution in [0.25, 0.3) is 5.57 Å². The number of likely N-dealkylation sites (N-methyl/N-ethyl adjacent to an activating group) is 1. The van der Waals surface area contributed by atoms with E-state index in [1.54, 1.807) is 24.1 Å². The van der Waals surface area contributed by atoms with Gasteiger partial charge in [-0.15, -0.1) is 0 Å². The van der Waals surface area contributed by atoms with Crippen molar-refractivity contribution in [2.45, 2.75) is 51.9 Å². The second-order valence-corrected chi connectivity index (χ2v) is 10.6. The normalized spacial score (nSPS) is 13.4. The highest BCUT2D eigenvalue weighted by molar-refractivity contribution is 6.31. The fraction of sp³-hybridized carbons (Fsp3) is 0.367. The summed E-state index contributed by atoms with van der Waals surface area (Å²) >= 11 is 6.19. The summed E-state index contributed by atoms with van der Waals surface area (Å²) in [5.74, 6) is -0.608. The molecule has 222 valence electrons. The zero-order chi connectivity index (χ0) is 31.0. The van der Waals surface area contributed by atoms with Gasteiger partial charge in [0.05, 0.1) is 18.3 Å². The number of halogens is 4. The van der Waals surface area contributed by atoms with Gasteiger partial charge in [0, 0.05) is 48.1 Å². The van der Waals surface area contributed by atoms with Gasteiger partial charge >= 0.3 is 6.18 Å². The fourth-order valence-corrected chi connectivity index (χ4v) is 4.06. The van der Waals surface area contributed by atoms with Crippen LogP contribution in [-0.4, -0.2) is 55.3 Å². The number of methoxy groups -OCH3 is 1. The van der Waals surface area contributed by atoms with E-state index in [0.717, 1.165) is 12.1 Å². The van der Waals surface area contributed by atoms with Crippen LogP contribution in [0, 0.1) is 0 Å². The smallest absolute Gasteiger partial charge is 0.416 e. The van der Waals surface area contributed by atoms with Gasteiger partial charge in [0.25, 0.3) is 0 Å². The van der Waals surface area contributed by atoms with Crippen molar-refractivity contribution in [3.05, 3.63) is 82.2 Å². The van der Waals surface area contributed by atoms with Crippen LogP contribution in [0.5, 0.6) is 0 Å². The maximum absolute atomic E-state index is 13.4. The summed E-state index contributed by atoms with van der Waals surface area (Å²) in [5.41, 5.74) is -0.203. The number of Topliss-reactive ketones (excluding diaryl/α,β-unsaturated/α-hetero) is 1. The monoisotopic (exact) mass is 594 g/mol. The third-order valence-corrected chi connectivity index (χ3v) is 6.13. The first-order valence-electron chi connectivity index (χ1n) is 12.6. The van der Waals surface area contributed by atoms with Gasteiger partial charge in [-0.25, -0.2) is 0 Å². The van der Waals surface area contributed by atoms with E-state index >= 15 is 0 Å². The standard InChI is InChI=1S/C30H34ClF3N2O5/c1-19(38)23-12-9-21(31)17-25(23)24(13-15-37)27(40-6)18-36(5)26(14-16-41-29(2,3)4)28(39)35-22-10-7-20(8-11-22)30(32,33)34/h7-13,15,17-18,26H,14,16H2,1-6H3,(H,35,39)/b24-13-,27-18+. The highest BCUT2D eigenvalue weighted by atomic mass is 35.5. The zero-order valence-corrected chi connectivity index (χ0v) is 24.5. The molecule has 0 aromatic heterocycles. The molecule has 1 N–H and O–H groups in total. The molecule has 1 atom stereocenters. The Balaban J connectivity index is 2.47. The quantitative estimate of drug-likeness (QED) is 0.0959. The maximum atomic E-state index is 13.4. The number of alkyl halides is 3. The van der Waals surface area contributed by atoms with Crippen molar-refractivity contribution in [2.24, 2.45) is 0 Å². The minimum atomic E-state index is -4.51. The maximum Gasteiger partial charge on any atom is 0.416 e. The Morgan fingerprint density at radius 3 is 2.22 bits per heavy atom. The van der Waals surface area contributed by atoms with Crippen LogP contribution in [0.15, 0.2) is 60.5 Å². The molecule has 0 aliphatic carbocycles. The molecule has 2 aromatic rings. The number of carbonyl (C=O) groups excluding carboxylic acids is 3. The highest BCUT2D eigenvalue weighted by Crippen LogP contribution is 2.31. The van der Waals surface area contributed by atoms with E-state index in [2.05, 4.69) is 5.32 Å². The van der Waals surface area contributed by atoms with E-state index < -0.39 is 29.3 Å². The predicted octanol–water partition coefficient (Wildman–Crippen LogP) is 6.78. The van der Waals surface area contributed by atoms with Crippen LogP contribution in [0.1, 0.15) is 55.6 Å². The van der Waals surface area contributed by atoms with Crippen LogP contribution < -0.4 is 5.32 Å². The van der Waals surface area contributed by atoms with Crippen molar-refractivity contribution in [1.29, 1.82) is 0 Å². The van der Waals surface area contributed by atoms with E-state index in [1.807, 2.05) is 20.8 Å². The lowest BCUT2D eigenvalue weighted by Gasteiger charge is -2.29. The molecular weight excluding hydrogens is 561 g/mol. The molecule has 11 heteroatoms. The third-order valence-electron chi connectivity index (χ3n) is 5.89. The first-order chi connectivity index (χ1) is 19.1. The number of allylic oxidation sites excluding steroid dienone is 2. The average molecular weight is 595 g/mol. The Bertz CT molecular complexity index is 1300. The van der Waals surface area contributed by atoms with Crippen molar-refractivity contribution in [2.75, 3.05) is 26.1 Å². The Morgan fingerprint density at radius 2 is 1.71 bits per heavy atom. The molecule has 41 heavy (non-hydrogen) atoms. The van der Waals surface area contributed by atoms with Gasteiger partial charge in [-0.1, -0.05) is 11.6 Å². The van der Waals surface area contributed by atoms with Gasteiger partial charge in [0.1, 0.15) is 18.1 Å². The summed E-state index contributed by atoms with van der Waals surface area (Å²) in [6, 6.07) is 7.88. The van der Waals surface area contributed by atoms with Gasteiger partial charge in [0.2, 0.25) is 5.91 Å². The van der Waals surface area contributed by atoms with Crippen LogP contribution >= 0.6 is 11.6 Å². The van der Waals surface area contributed by atoms with Crippen LogP contribution in [-0.2, 0) is 25.2 Å². The Hall–Kier alpha value is -3.63. The number of nitrogens with zero attached hydrogens (tertiary/aromatic N) is 1. The van der Waals surface area contributed by atoms with Crippen LogP contribution in [0.2, 0.25) is 5.02 Å². The number of hydrogen-bond acceptors (Lipinski definition) is 6. The molecule has 0 radical (unpaired) electrons. The van der Waals surface area contributed by atoms with Crippen molar-refractivity contribution >= 4 is 40.8 Å². The summed E-state index contributed by atoms with van der Waals surface area (Å²) in [5, 5.41) is 2.98. The highest BCUT2D eigenvalue weighted by Gasteiger charge is 2.30.